The minimum Gasteiger partial charge on any atom is -0.493 e. The molecule has 1 aromatic carbocycles. The minimum atomic E-state index is -0.569. The molecule has 0 spiro atoms. The molecule has 1 rings (SSSR count). The van der Waals surface area contributed by atoms with Gasteiger partial charge in [0.25, 0.3) is 0 Å². The van der Waals surface area contributed by atoms with Crippen LogP contribution < -0.4 is 4.74 Å². The maximum absolute atomic E-state index is 10.9. The molecule has 0 aliphatic carbocycles. The van der Waals surface area contributed by atoms with Crippen molar-refractivity contribution >= 4 is 5.97 Å². The number of carbonyl (C=O) groups excluding carboxylic acids is 1. The van der Waals surface area contributed by atoms with Crippen molar-refractivity contribution in [3.8, 4) is 5.75 Å². The van der Waals surface area contributed by atoms with E-state index in [1.54, 1.807) is 6.92 Å². The first-order valence-corrected chi connectivity index (χ1v) is 6.03. The molecule has 0 aliphatic heterocycles. The normalized spacial score (nSPS) is 12.0. The third-order valence-corrected chi connectivity index (χ3v) is 2.63. The van der Waals surface area contributed by atoms with Crippen molar-refractivity contribution in [2.24, 2.45) is 0 Å². The smallest absolute Gasteiger partial charge is 0.305 e. The van der Waals surface area contributed by atoms with E-state index in [0.717, 1.165) is 11.1 Å². The summed E-state index contributed by atoms with van der Waals surface area (Å²) in [6, 6.07) is 5.68. The molecule has 0 saturated heterocycles. The lowest BCUT2D eigenvalue weighted by atomic mass is 10.1. The van der Waals surface area contributed by atoms with Crippen molar-refractivity contribution < 1.29 is 19.4 Å². The summed E-state index contributed by atoms with van der Waals surface area (Å²) in [7, 11) is 1.37. The molecule has 1 aromatic rings. The summed E-state index contributed by atoms with van der Waals surface area (Å²) in [4.78, 5) is 10.9. The minimum absolute atomic E-state index is 0.238. The van der Waals surface area contributed by atoms with Gasteiger partial charge in [0.15, 0.2) is 0 Å². The monoisotopic (exact) mass is 252 g/mol. The number of aliphatic hydroxyl groups excluding tert-OH is 1. The predicted octanol–water partition coefficient (Wildman–Crippen LogP) is 2.38. The first-order valence-electron chi connectivity index (χ1n) is 6.03. The number of esters is 1. The summed E-state index contributed by atoms with van der Waals surface area (Å²) in [6.07, 6.45) is 0.368. The zero-order valence-corrected chi connectivity index (χ0v) is 11.1. The third kappa shape index (κ3) is 4.37. The highest BCUT2D eigenvalue weighted by molar-refractivity contribution is 5.69. The summed E-state index contributed by atoms with van der Waals surface area (Å²) >= 11 is 0. The second-order valence-corrected chi connectivity index (χ2v) is 4.25. The van der Waals surface area contributed by atoms with E-state index in [0.29, 0.717) is 25.2 Å². The lowest BCUT2D eigenvalue weighted by Crippen LogP contribution is -2.06. The molecule has 0 fully saturated rings. The number of ether oxygens (including phenoxy) is 2. The molecule has 0 radical (unpaired) electrons. The Morgan fingerprint density at radius 2 is 2.17 bits per heavy atom. The van der Waals surface area contributed by atoms with Gasteiger partial charge in [-0.05, 0) is 32.4 Å². The Balaban J connectivity index is 2.54. The SMILES string of the molecule is COC(=O)CCCOc1ccc(C)cc1[C@@H](C)O. The molecular formula is C14H20O4. The Kier molecular flexibility index (Phi) is 5.65. The number of carbonyl (C=O) groups is 1. The van der Waals surface area contributed by atoms with Crippen molar-refractivity contribution in [3.05, 3.63) is 29.3 Å². The topological polar surface area (TPSA) is 55.8 Å². The molecule has 0 saturated carbocycles. The Bertz CT molecular complexity index is 399. The number of benzene rings is 1. The van der Waals surface area contributed by atoms with Gasteiger partial charge in [0, 0.05) is 12.0 Å². The van der Waals surface area contributed by atoms with Gasteiger partial charge in [-0.15, -0.1) is 0 Å². The average molecular weight is 252 g/mol. The summed E-state index contributed by atoms with van der Waals surface area (Å²) in [5.41, 5.74) is 1.85. The maximum Gasteiger partial charge on any atom is 0.305 e. The maximum atomic E-state index is 10.9. The molecule has 0 aromatic heterocycles. The highest BCUT2D eigenvalue weighted by Gasteiger charge is 2.09. The van der Waals surface area contributed by atoms with Crippen molar-refractivity contribution in [1.82, 2.24) is 0 Å². The van der Waals surface area contributed by atoms with Crippen LogP contribution in [0.4, 0.5) is 0 Å². The quantitative estimate of drug-likeness (QED) is 0.624. The summed E-state index contributed by atoms with van der Waals surface area (Å²) in [6.45, 7) is 4.10. The van der Waals surface area contributed by atoms with Crippen LogP contribution in [-0.4, -0.2) is 24.8 Å². The Labute approximate surface area is 108 Å². The van der Waals surface area contributed by atoms with Gasteiger partial charge in [-0.1, -0.05) is 11.6 Å². The Hall–Kier alpha value is -1.55. The van der Waals surface area contributed by atoms with E-state index in [2.05, 4.69) is 4.74 Å². The predicted molar refractivity (Wildman–Crippen MR) is 68.6 cm³/mol. The lowest BCUT2D eigenvalue weighted by Gasteiger charge is -2.14. The van der Waals surface area contributed by atoms with Gasteiger partial charge >= 0.3 is 5.97 Å². The van der Waals surface area contributed by atoms with Crippen molar-refractivity contribution in [2.75, 3.05) is 13.7 Å². The molecule has 1 N–H and O–H groups in total. The number of hydrogen-bond acceptors (Lipinski definition) is 4. The van der Waals surface area contributed by atoms with E-state index in [4.69, 9.17) is 4.74 Å². The number of hydrogen-bond donors (Lipinski definition) is 1. The number of rotatable bonds is 6. The molecule has 0 amide bonds. The standard InChI is InChI=1S/C14H20O4/c1-10-6-7-13(12(9-10)11(2)15)18-8-4-5-14(16)17-3/h6-7,9,11,15H,4-5,8H2,1-3H3/t11-/m1/s1. The van der Waals surface area contributed by atoms with Gasteiger partial charge in [0.05, 0.1) is 19.8 Å². The van der Waals surface area contributed by atoms with Crippen molar-refractivity contribution in [1.29, 1.82) is 0 Å². The molecule has 0 heterocycles. The van der Waals surface area contributed by atoms with E-state index in [9.17, 15) is 9.90 Å². The molecule has 0 aliphatic rings. The van der Waals surface area contributed by atoms with Crippen LogP contribution in [0.15, 0.2) is 18.2 Å². The summed E-state index contributed by atoms with van der Waals surface area (Å²) in [5, 5.41) is 9.66. The van der Waals surface area contributed by atoms with E-state index < -0.39 is 6.10 Å². The Morgan fingerprint density at radius 1 is 1.44 bits per heavy atom. The van der Waals surface area contributed by atoms with Crippen LogP contribution in [0.2, 0.25) is 0 Å². The fourth-order valence-electron chi connectivity index (χ4n) is 1.63. The second-order valence-electron chi connectivity index (χ2n) is 4.25. The van der Waals surface area contributed by atoms with E-state index in [1.807, 2.05) is 25.1 Å². The first-order chi connectivity index (χ1) is 8.54. The molecule has 0 unspecified atom stereocenters. The average Bonchev–Trinajstić information content (AvgIpc) is 2.35. The number of aliphatic hydroxyl groups is 1. The van der Waals surface area contributed by atoms with Gasteiger partial charge in [-0.25, -0.2) is 0 Å². The molecule has 4 heteroatoms. The number of aryl methyl sites for hydroxylation is 1. The fourth-order valence-corrected chi connectivity index (χ4v) is 1.63. The van der Waals surface area contributed by atoms with Crippen LogP contribution in [0.3, 0.4) is 0 Å². The van der Waals surface area contributed by atoms with Crippen LogP contribution in [0, 0.1) is 6.92 Å². The largest absolute Gasteiger partial charge is 0.493 e. The van der Waals surface area contributed by atoms with Gasteiger partial charge in [-0.2, -0.15) is 0 Å². The second kappa shape index (κ2) is 7.01. The molecule has 100 valence electrons. The summed E-state index contributed by atoms with van der Waals surface area (Å²) in [5.74, 6) is 0.429. The third-order valence-electron chi connectivity index (χ3n) is 2.63. The van der Waals surface area contributed by atoms with E-state index in [1.165, 1.54) is 7.11 Å². The van der Waals surface area contributed by atoms with Crippen molar-refractivity contribution in [2.45, 2.75) is 32.8 Å². The van der Waals surface area contributed by atoms with Crippen LogP contribution in [0.5, 0.6) is 5.75 Å². The summed E-state index contributed by atoms with van der Waals surface area (Å²) < 4.78 is 10.1. The molecular weight excluding hydrogens is 232 g/mol. The zero-order chi connectivity index (χ0) is 13.5. The van der Waals surface area contributed by atoms with E-state index >= 15 is 0 Å². The molecule has 18 heavy (non-hydrogen) atoms. The van der Waals surface area contributed by atoms with Gasteiger partial charge in [0.2, 0.25) is 0 Å². The molecule has 0 bridgehead atoms. The van der Waals surface area contributed by atoms with Gasteiger partial charge < -0.3 is 14.6 Å². The van der Waals surface area contributed by atoms with Gasteiger partial charge in [-0.3, -0.25) is 4.79 Å². The lowest BCUT2D eigenvalue weighted by molar-refractivity contribution is -0.140. The molecule has 1 atom stereocenters. The van der Waals surface area contributed by atoms with Crippen molar-refractivity contribution in [3.63, 3.8) is 0 Å². The van der Waals surface area contributed by atoms with Crippen LogP contribution >= 0.6 is 0 Å². The Morgan fingerprint density at radius 3 is 2.78 bits per heavy atom. The van der Waals surface area contributed by atoms with Crippen LogP contribution in [-0.2, 0) is 9.53 Å². The highest BCUT2D eigenvalue weighted by atomic mass is 16.5. The fraction of sp³-hybridized carbons (Fsp3) is 0.500. The van der Waals surface area contributed by atoms with Crippen LogP contribution in [0.25, 0.3) is 0 Å². The zero-order valence-electron chi connectivity index (χ0n) is 11.1. The number of methoxy groups -OCH3 is 1. The molecule has 4 nitrogen and oxygen atoms in total. The first kappa shape index (κ1) is 14.5. The van der Waals surface area contributed by atoms with E-state index in [-0.39, 0.29) is 5.97 Å². The van der Waals surface area contributed by atoms with Gasteiger partial charge in [0.1, 0.15) is 5.75 Å². The van der Waals surface area contributed by atoms with Crippen LogP contribution in [0.1, 0.15) is 37.0 Å². The highest BCUT2D eigenvalue weighted by Crippen LogP contribution is 2.26.